The summed E-state index contributed by atoms with van der Waals surface area (Å²) in [5.74, 6) is -0.654. The molecule has 0 aliphatic carbocycles. The highest BCUT2D eigenvalue weighted by atomic mass is 32.7. The maximum absolute atomic E-state index is 15.4. The molecule has 0 bridgehead atoms. The normalized spacial score (nSPS) is 29.1. The SMILES string of the molecule is Cc1cn([C@H]2C[C@H](OP(=O)(O)O)[C@@H](CO[P@](=O)(O[C@H]3C[C@H](n4cc(C)c(=O)[nH]c4=O)O[C@@H]3COP(=O)(O)O[C@H]3C[C@H](n4cc(C)c(=O)[nH]c4=O)O[C@@H]3COP(=O)(O)O[C@H]3C[C@H](n4cc(C)c(=O)[nH]c4=O)O[C@@H]3COP(=O)(O)O[C@H]3C[C@H](n4ccc(N)nc4=O)O[C@@H]3COP(=O)(O)O[C@H]3C[C@H](n4ccc(N)nc4=O)O[C@@H]3COP(=O)(O)O[C@H]3C[C@H](n4ccc(N)nc4=O)O[C@@H]3CO)SCCCCCCN)O2)c(=O)[nH]c1=O. The zero-order chi connectivity index (χ0) is 105. The van der Waals surface area contributed by atoms with Crippen LogP contribution in [-0.2, 0) is 124 Å². The maximum atomic E-state index is 15.4. The number of rotatable bonds is 47. The van der Waals surface area contributed by atoms with Crippen molar-refractivity contribution in [3.8, 4) is 0 Å². The summed E-state index contributed by atoms with van der Waals surface area (Å²) in [7, 11) is -33.6. The number of aliphatic hydroxyl groups excluding tert-OH is 1. The number of hydrogen-bond acceptors (Lipinski definition) is 47. The Morgan fingerprint density at radius 2 is 0.579 bits per heavy atom. The number of aryl methyl sites for hydroxylation is 4. The lowest BCUT2D eigenvalue weighted by molar-refractivity contribution is -0.0657. The molecule has 5 unspecified atom stereocenters. The van der Waals surface area contributed by atoms with Crippen LogP contribution in [0.3, 0.4) is 0 Å². The Hall–Kier alpha value is -8.44. The van der Waals surface area contributed by atoms with Gasteiger partial charge in [0.15, 0.2) is 0 Å². The molecule has 145 heavy (non-hydrogen) atoms. The number of unbranched alkanes of at least 4 members (excludes halogenated alkanes) is 3. The van der Waals surface area contributed by atoms with Crippen molar-refractivity contribution in [3.05, 3.63) is 199 Å². The third-order valence-corrected chi connectivity index (χ3v) is 32.8. The number of aliphatic hydroxyl groups is 1. The Labute approximate surface area is 816 Å². The van der Waals surface area contributed by atoms with Crippen molar-refractivity contribution in [2.75, 3.05) is 75.7 Å². The highest BCUT2D eigenvalue weighted by Crippen LogP contribution is 2.64. The number of H-pyrrole nitrogens is 4. The van der Waals surface area contributed by atoms with Crippen molar-refractivity contribution in [1.82, 2.24) is 66.9 Å². The maximum Gasteiger partial charge on any atom is 0.472 e. The van der Waals surface area contributed by atoms with Crippen molar-refractivity contribution >= 4 is 82.6 Å². The second-order valence-corrected chi connectivity index (χ2v) is 46.2. The van der Waals surface area contributed by atoms with E-state index in [9.17, 15) is 119 Å². The van der Waals surface area contributed by atoms with Crippen LogP contribution in [-0.4, -0.2) is 250 Å². The standard InChI is InChI=1S/C73H103N18O46P7S/c1-35-24-88(70(100)81-63(35)93)59-18-40(131-138(104,105)106)52(130-59)34-123-144(117,145-16-8-6-5-7-12-74)137-45-23-62(91-27-38(4)66(96)84-73(91)103)129-51(45)33-122-143(115,116)136-44-22-61(90-26-37(3)65(95)83-72(90)102)128-50(44)32-121-142(113,114)135-43-21-60(89-25-36(2)64(94)82-71(89)101)127-49(43)31-120-141(111,112)134-42-20-58(87-15-11-55(77)80-69(87)99)126-48(42)30-119-140(109,110)133-41-19-57(86-14-10-54(76)79-68(86)98)125-47(41)29-118-139(107,108)132-39-17-56(124-46(39)28-92)85-13-9-53(75)78-67(85)97/h9-11,13-15,24-27,39-52,56-62,92H,5-8,12,16-23,28-34,74H2,1-4H3,(H,107,108)(H,109,110)(H,111,112)(H,113,114)(H,115,116)(H2,75,78,97)(H2,76,79,98)(H2,77,80,99)(H,81,93,100)(H,82,94,101)(H,83,95,102)(H,84,96,103)(H2,104,105,106)/t39-,40-,41-,42-,43-,44-,45-,46+,47+,48+,49+,50+,51+,52+,56+,57+,58+,59+,60+,61+,62+,144+/m0/s1. The lowest BCUT2D eigenvalue weighted by Crippen LogP contribution is -2.33. The predicted octanol–water partition coefficient (Wildman–Crippen LogP) is -1.31. The van der Waals surface area contributed by atoms with Gasteiger partial charge < -0.3 is 95.5 Å². The number of phosphoric acid groups is 6. The zero-order valence-corrected chi connectivity index (χ0v) is 83.5. The Morgan fingerprint density at radius 3 is 0.834 bits per heavy atom. The van der Waals surface area contributed by atoms with Crippen molar-refractivity contribution in [2.45, 2.75) is 227 Å². The molecule has 7 aliphatic heterocycles. The summed E-state index contributed by atoms with van der Waals surface area (Å²) < 4.78 is 220. The monoisotopic (exact) mass is 2220 g/mol. The molecule has 72 heteroatoms. The van der Waals surface area contributed by atoms with Crippen LogP contribution in [0, 0.1) is 27.7 Å². The molecule has 14 heterocycles. The Kier molecular flexibility index (Phi) is 36.0. The molecule has 7 fully saturated rings. The third-order valence-electron chi connectivity index (χ3n) is 23.4. The topological polar surface area (TPSA) is 894 Å². The number of anilines is 3. The Bertz CT molecular complexity index is 6960. The molecule has 7 aromatic heterocycles. The molecule has 7 aliphatic rings. The lowest BCUT2D eigenvalue weighted by Gasteiger charge is -2.27. The summed E-state index contributed by atoms with van der Waals surface area (Å²) >= 11 is 0.608. The van der Waals surface area contributed by atoms with Gasteiger partial charge in [0.2, 0.25) is 0 Å². The number of nitrogens with one attached hydrogen (secondary N) is 4. The van der Waals surface area contributed by atoms with Gasteiger partial charge >= 0.3 is 93.6 Å². The third kappa shape index (κ3) is 29.0. The molecule has 7 saturated heterocycles. The van der Waals surface area contributed by atoms with E-state index in [2.05, 4.69) is 29.9 Å². The fourth-order valence-electron chi connectivity index (χ4n) is 16.3. The van der Waals surface area contributed by atoms with Crippen molar-refractivity contribution in [1.29, 1.82) is 0 Å². The summed E-state index contributed by atoms with van der Waals surface area (Å²) in [6.07, 6.45) is -28.9. The molecule has 0 amide bonds. The van der Waals surface area contributed by atoms with Crippen molar-refractivity contribution in [3.63, 3.8) is 0 Å². The van der Waals surface area contributed by atoms with Gasteiger partial charge in [0, 0.05) is 116 Å². The van der Waals surface area contributed by atoms with E-state index in [1.54, 1.807) is 0 Å². The molecular weight excluding hydrogens is 2110 g/mol. The average molecular weight is 2220 g/mol. The first-order valence-corrected chi connectivity index (χ1v) is 56.1. The first-order valence-electron chi connectivity index (χ1n) is 44.0. The van der Waals surface area contributed by atoms with Gasteiger partial charge in [0.1, 0.15) is 147 Å². The van der Waals surface area contributed by atoms with E-state index in [0.717, 1.165) is 75.2 Å². The minimum atomic E-state index is -5.80. The van der Waals surface area contributed by atoms with Crippen LogP contribution >= 0.6 is 65.1 Å². The molecule has 27 atom stereocenters. The second kappa shape index (κ2) is 46.6. The summed E-state index contributed by atoms with van der Waals surface area (Å²) in [4.78, 5) is 240. The number of aromatic amines is 4. The van der Waals surface area contributed by atoms with Crippen LogP contribution in [0.2, 0.25) is 0 Å². The number of aromatic nitrogens is 14. The van der Waals surface area contributed by atoms with Crippen LogP contribution in [0.1, 0.15) is 136 Å². The summed E-state index contributed by atoms with van der Waals surface area (Å²) in [5.41, 5.74) is 12.0. The number of ether oxygens (including phenoxy) is 7. The van der Waals surface area contributed by atoms with Crippen molar-refractivity contribution < 1.29 is 163 Å². The fraction of sp³-hybridized carbons (Fsp3) is 0.616. The van der Waals surface area contributed by atoms with Gasteiger partial charge in [-0.15, -0.1) is 0 Å². The number of hydrogen-bond donors (Lipinski definition) is 16. The van der Waals surface area contributed by atoms with Crippen LogP contribution in [0.4, 0.5) is 17.5 Å². The molecule has 7 aromatic rings. The number of phosphoric ester groups is 6. The lowest BCUT2D eigenvalue weighted by atomic mass is 10.2. The van der Waals surface area contributed by atoms with Gasteiger partial charge in [0.05, 0.1) is 46.2 Å². The summed E-state index contributed by atoms with van der Waals surface area (Å²) in [5, 5.41) is 10.1. The van der Waals surface area contributed by atoms with E-state index >= 15 is 4.57 Å². The first-order chi connectivity index (χ1) is 68.2. The molecule has 0 saturated carbocycles. The van der Waals surface area contributed by atoms with Gasteiger partial charge in [-0.2, -0.15) is 15.0 Å². The van der Waals surface area contributed by atoms with E-state index in [-0.39, 0.29) is 51.9 Å². The fourth-order valence-corrected chi connectivity index (χ4v) is 25.3. The minimum Gasteiger partial charge on any atom is -0.394 e. The van der Waals surface area contributed by atoms with Gasteiger partial charge in [0.25, 0.3) is 22.2 Å². The van der Waals surface area contributed by atoms with Crippen LogP contribution in [0.25, 0.3) is 0 Å². The van der Waals surface area contributed by atoms with Gasteiger partial charge in [-0.3, -0.25) is 130 Å². The largest absolute Gasteiger partial charge is 0.472 e. The predicted molar refractivity (Wildman–Crippen MR) is 488 cm³/mol. The molecule has 64 nitrogen and oxygen atoms in total. The Balaban J connectivity index is 0.672. The number of nitrogen functional groups attached to an aromatic ring is 3. The van der Waals surface area contributed by atoms with E-state index in [1.807, 2.05) is 4.98 Å². The van der Waals surface area contributed by atoms with Crippen LogP contribution < -0.4 is 85.0 Å². The molecule has 14 rings (SSSR count). The molecule has 0 spiro atoms. The second-order valence-electron chi connectivity index (χ2n) is 33.9. The van der Waals surface area contributed by atoms with Crippen LogP contribution in [0.5, 0.6) is 0 Å². The highest BCUT2D eigenvalue weighted by molar-refractivity contribution is 8.55. The van der Waals surface area contributed by atoms with Gasteiger partial charge in [-0.25, -0.2) is 65.5 Å². The molecule has 0 radical (unpaired) electrons. The zero-order valence-electron chi connectivity index (χ0n) is 76.5. The highest BCUT2D eigenvalue weighted by Gasteiger charge is 2.54. The van der Waals surface area contributed by atoms with E-state index in [0.29, 0.717) is 43.6 Å². The minimum absolute atomic E-state index is 0.0103. The quantitative estimate of drug-likeness (QED) is 0.0156. The molecule has 802 valence electrons. The summed E-state index contributed by atoms with van der Waals surface area (Å²) in [6.45, 7) is -6.75. The van der Waals surface area contributed by atoms with Crippen molar-refractivity contribution in [2.24, 2.45) is 5.73 Å². The average Bonchev–Trinajstić information content (AvgIpc) is 1.82. The van der Waals surface area contributed by atoms with E-state index < -0.39 is 330 Å². The van der Waals surface area contributed by atoms with E-state index in [1.165, 1.54) is 46.0 Å². The summed E-state index contributed by atoms with van der Waals surface area (Å²) in [6, 6.07) is 3.58. The number of nitrogens with two attached hydrogens (primary N) is 4. The van der Waals surface area contributed by atoms with Crippen LogP contribution in [0.15, 0.2) is 114 Å². The Morgan fingerprint density at radius 1 is 0.345 bits per heavy atom. The van der Waals surface area contributed by atoms with Gasteiger partial charge in [-0.05, 0) is 76.7 Å². The molecule has 20 N–H and O–H groups in total. The molecule has 0 aromatic carbocycles. The molecular formula is C73H103N18O46P7S. The van der Waals surface area contributed by atoms with Gasteiger partial charge in [-0.1, -0.05) is 12.8 Å². The smallest absolute Gasteiger partial charge is 0.394 e. The number of nitrogens with zero attached hydrogens (tertiary/aromatic N) is 10. The first kappa shape index (κ1) is 112. The van der Waals surface area contributed by atoms with E-state index in [4.69, 9.17) is 115 Å².